The van der Waals surface area contributed by atoms with Crippen LogP contribution in [-0.2, 0) is 18.4 Å². The van der Waals surface area contributed by atoms with Gasteiger partial charge in [-0.1, -0.05) is 79.7 Å². The Morgan fingerprint density at radius 3 is 2.45 bits per heavy atom. The van der Waals surface area contributed by atoms with Crippen molar-refractivity contribution in [3.05, 3.63) is 76.6 Å². The van der Waals surface area contributed by atoms with Gasteiger partial charge in [-0.25, -0.2) is 0 Å². The third-order valence-corrected chi connectivity index (χ3v) is 6.33. The number of hydrogen-bond donors (Lipinski definition) is 2. The van der Waals surface area contributed by atoms with E-state index >= 15 is 0 Å². The van der Waals surface area contributed by atoms with E-state index in [2.05, 4.69) is 34.7 Å². The van der Waals surface area contributed by atoms with E-state index in [1.807, 2.05) is 41.9 Å². The zero-order chi connectivity index (χ0) is 23.8. The summed E-state index contributed by atoms with van der Waals surface area (Å²) in [5.74, 6) is 0.830. The fraction of sp³-hybridized carbons (Fsp3) is 0.333. The summed E-state index contributed by atoms with van der Waals surface area (Å²) >= 11 is 7.50. The summed E-state index contributed by atoms with van der Waals surface area (Å²) in [7, 11) is 1.84. The van der Waals surface area contributed by atoms with E-state index in [0.717, 1.165) is 5.56 Å². The maximum Gasteiger partial charge on any atom is 0.253 e. The molecule has 0 aliphatic heterocycles. The fourth-order valence-corrected chi connectivity index (χ4v) is 4.28. The van der Waals surface area contributed by atoms with Crippen molar-refractivity contribution in [1.82, 2.24) is 25.4 Å². The van der Waals surface area contributed by atoms with Crippen LogP contribution in [0.25, 0.3) is 0 Å². The van der Waals surface area contributed by atoms with Gasteiger partial charge in [-0.3, -0.25) is 9.59 Å². The highest BCUT2D eigenvalue weighted by molar-refractivity contribution is 7.99. The quantitative estimate of drug-likeness (QED) is 0.415. The van der Waals surface area contributed by atoms with Crippen LogP contribution in [0.1, 0.15) is 48.1 Å². The first-order valence-corrected chi connectivity index (χ1v) is 12.1. The van der Waals surface area contributed by atoms with Gasteiger partial charge in [-0.2, -0.15) is 0 Å². The summed E-state index contributed by atoms with van der Waals surface area (Å²) < 4.78 is 1.83. The molecule has 3 aromatic rings. The van der Waals surface area contributed by atoms with Gasteiger partial charge in [0, 0.05) is 13.6 Å². The molecule has 1 aromatic heterocycles. The molecule has 7 nitrogen and oxygen atoms in total. The second-order valence-corrected chi connectivity index (χ2v) is 9.44. The molecule has 0 spiro atoms. The Morgan fingerprint density at radius 2 is 1.76 bits per heavy atom. The predicted octanol–water partition coefficient (Wildman–Crippen LogP) is 4.39. The highest BCUT2D eigenvalue weighted by Crippen LogP contribution is 2.25. The summed E-state index contributed by atoms with van der Waals surface area (Å²) in [6, 6.07) is 16.4. The molecule has 33 heavy (non-hydrogen) atoms. The van der Waals surface area contributed by atoms with Crippen LogP contribution in [0.3, 0.4) is 0 Å². The lowest BCUT2D eigenvalue weighted by atomic mass is 10.0. The molecular weight excluding hydrogens is 458 g/mol. The average molecular weight is 486 g/mol. The Kier molecular flexibility index (Phi) is 8.91. The molecular formula is C24H28ClN5O2S. The van der Waals surface area contributed by atoms with Gasteiger partial charge in [0.25, 0.3) is 5.91 Å². The number of aromatic nitrogens is 3. The number of benzene rings is 2. The van der Waals surface area contributed by atoms with Crippen LogP contribution in [0, 0.1) is 5.92 Å². The van der Waals surface area contributed by atoms with Gasteiger partial charge in [-0.15, -0.1) is 10.2 Å². The standard InChI is InChI=1S/C24H28ClN5O2S/c1-16(2)13-20(27-23(32)18-11-7-8-12-19(18)25)22-28-29-24(30(22)3)33-15-21(31)26-14-17-9-5-4-6-10-17/h4-12,16,20H,13-15H2,1-3H3,(H,26,31)(H,27,32)/t20-/m0/s1. The van der Waals surface area contributed by atoms with Gasteiger partial charge in [-0.05, 0) is 30.0 Å². The van der Waals surface area contributed by atoms with Crippen molar-refractivity contribution >= 4 is 35.2 Å². The number of nitrogens with zero attached hydrogens (tertiary/aromatic N) is 3. The number of thioether (sulfide) groups is 1. The van der Waals surface area contributed by atoms with E-state index in [-0.39, 0.29) is 23.6 Å². The lowest BCUT2D eigenvalue weighted by Gasteiger charge is -2.20. The minimum Gasteiger partial charge on any atom is -0.351 e. The molecule has 9 heteroatoms. The topological polar surface area (TPSA) is 88.9 Å². The van der Waals surface area contributed by atoms with E-state index in [0.29, 0.717) is 40.5 Å². The summed E-state index contributed by atoms with van der Waals surface area (Å²) in [6.07, 6.45) is 0.685. The average Bonchev–Trinajstić information content (AvgIpc) is 3.16. The van der Waals surface area contributed by atoms with Crippen molar-refractivity contribution in [2.45, 2.75) is 38.0 Å². The first-order valence-electron chi connectivity index (χ1n) is 10.7. The van der Waals surface area contributed by atoms with Crippen molar-refractivity contribution in [3.63, 3.8) is 0 Å². The Balaban J connectivity index is 1.64. The van der Waals surface area contributed by atoms with Crippen molar-refractivity contribution in [2.24, 2.45) is 13.0 Å². The second-order valence-electron chi connectivity index (χ2n) is 8.09. The summed E-state index contributed by atoms with van der Waals surface area (Å²) in [4.78, 5) is 25.1. The Bertz CT molecular complexity index is 1090. The third kappa shape index (κ3) is 7.07. The van der Waals surface area contributed by atoms with Gasteiger partial charge in [0.15, 0.2) is 11.0 Å². The molecule has 0 saturated carbocycles. The van der Waals surface area contributed by atoms with Gasteiger partial charge in [0.1, 0.15) is 0 Å². The number of carbonyl (C=O) groups excluding carboxylic acids is 2. The number of amides is 2. The highest BCUT2D eigenvalue weighted by atomic mass is 35.5. The largest absolute Gasteiger partial charge is 0.351 e. The van der Waals surface area contributed by atoms with Gasteiger partial charge >= 0.3 is 0 Å². The van der Waals surface area contributed by atoms with Crippen LogP contribution in [0.15, 0.2) is 59.8 Å². The van der Waals surface area contributed by atoms with E-state index in [1.54, 1.807) is 24.3 Å². The molecule has 3 rings (SSSR count). The van der Waals surface area contributed by atoms with Crippen LogP contribution in [0.2, 0.25) is 5.02 Å². The maximum absolute atomic E-state index is 12.8. The molecule has 0 unspecified atom stereocenters. The van der Waals surface area contributed by atoms with Gasteiger partial charge in [0.2, 0.25) is 5.91 Å². The number of hydrogen-bond acceptors (Lipinski definition) is 5. The van der Waals surface area contributed by atoms with Gasteiger partial charge in [0.05, 0.1) is 22.4 Å². The van der Waals surface area contributed by atoms with Crippen molar-refractivity contribution in [3.8, 4) is 0 Å². The van der Waals surface area contributed by atoms with Crippen molar-refractivity contribution in [2.75, 3.05) is 5.75 Å². The molecule has 0 radical (unpaired) electrons. The Hall–Kier alpha value is -2.84. The minimum atomic E-state index is -0.340. The van der Waals surface area contributed by atoms with E-state index in [1.165, 1.54) is 11.8 Å². The molecule has 1 heterocycles. The van der Waals surface area contributed by atoms with Crippen LogP contribution < -0.4 is 10.6 Å². The van der Waals surface area contributed by atoms with Crippen LogP contribution >= 0.6 is 23.4 Å². The first-order chi connectivity index (χ1) is 15.8. The third-order valence-electron chi connectivity index (χ3n) is 4.98. The van der Waals surface area contributed by atoms with Gasteiger partial charge < -0.3 is 15.2 Å². The lowest BCUT2D eigenvalue weighted by molar-refractivity contribution is -0.118. The van der Waals surface area contributed by atoms with Crippen LogP contribution in [-0.4, -0.2) is 32.3 Å². The van der Waals surface area contributed by atoms with Crippen molar-refractivity contribution in [1.29, 1.82) is 0 Å². The smallest absolute Gasteiger partial charge is 0.253 e. The molecule has 2 amide bonds. The Morgan fingerprint density at radius 1 is 1.06 bits per heavy atom. The molecule has 0 fully saturated rings. The molecule has 0 aliphatic rings. The van der Waals surface area contributed by atoms with E-state index in [4.69, 9.17) is 11.6 Å². The molecule has 0 aliphatic carbocycles. The zero-order valence-corrected chi connectivity index (χ0v) is 20.5. The van der Waals surface area contributed by atoms with Crippen LogP contribution in [0.5, 0.6) is 0 Å². The zero-order valence-electron chi connectivity index (χ0n) is 18.9. The molecule has 2 N–H and O–H groups in total. The number of halogens is 1. The summed E-state index contributed by atoms with van der Waals surface area (Å²) in [5, 5.41) is 15.5. The molecule has 1 atom stereocenters. The molecule has 0 saturated heterocycles. The second kappa shape index (κ2) is 11.9. The molecule has 0 bridgehead atoms. The molecule has 174 valence electrons. The number of carbonyl (C=O) groups is 2. The number of rotatable bonds is 10. The summed E-state index contributed by atoms with van der Waals surface area (Å²) in [5.41, 5.74) is 1.46. The highest BCUT2D eigenvalue weighted by Gasteiger charge is 2.24. The molecule has 2 aromatic carbocycles. The van der Waals surface area contributed by atoms with E-state index < -0.39 is 0 Å². The predicted molar refractivity (Wildman–Crippen MR) is 131 cm³/mol. The minimum absolute atomic E-state index is 0.0841. The monoisotopic (exact) mass is 485 g/mol. The summed E-state index contributed by atoms with van der Waals surface area (Å²) in [6.45, 7) is 4.64. The lowest BCUT2D eigenvalue weighted by Crippen LogP contribution is -2.31. The Labute approximate surface area is 203 Å². The fourth-order valence-electron chi connectivity index (χ4n) is 3.31. The van der Waals surface area contributed by atoms with E-state index in [9.17, 15) is 9.59 Å². The van der Waals surface area contributed by atoms with Crippen LogP contribution in [0.4, 0.5) is 0 Å². The normalized spacial score (nSPS) is 11.9. The maximum atomic E-state index is 12.8. The van der Waals surface area contributed by atoms with Crippen molar-refractivity contribution < 1.29 is 9.59 Å². The first kappa shape index (κ1) is 24.8. The SMILES string of the molecule is CC(C)C[C@H](NC(=O)c1ccccc1Cl)c1nnc(SCC(=O)NCc2ccccc2)n1C. The number of nitrogens with one attached hydrogen (secondary N) is 2.